The molecule has 0 radical (unpaired) electrons. The molecule has 0 spiro atoms. The monoisotopic (exact) mass is 259 g/mol. The smallest absolute Gasteiger partial charge is 0.258 e. The van der Waals surface area contributed by atoms with Crippen LogP contribution >= 0.6 is 0 Å². The summed E-state index contributed by atoms with van der Waals surface area (Å²) >= 11 is 0. The van der Waals surface area contributed by atoms with Crippen molar-refractivity contribution in [3.05, 3.63) is 39.9 Å². The lowest BCUT2D eigenvalue weighted by Gasteiger charge is -2.43. The van der Waals surface area contributed by atoms with Crippen molar-refractivity contribution >= 4 is 10.9 Å². The van der Waals surface area contributed by atoms with Gasteiger partial charge in [-0.2, -0.15) is 0 Å². The predicted molar refractivity (Wildman–Crippen MR) is 73.0 cm³/mol. The van der Waals surface area contributed by atoms with Gasteiger partial charge in [0.05, 0.1) is 23.0 Å². The van der Waals surface area contributed by atoms with Gasteiger partial charge >= 0.3 is 0 Å². The summed E-state index contributed by atoms with van der Waals surface area (Å²) < 4.78 is 0. The van der Waals surface area contributed by atoms with Crippen LogP contribution in [0.5, 0.6) is 0 Å². The minimum absolute atomic E-state index is 0.101. The molecule has 2 N–H and O–H groups in total. The Labute approximate surface area is 110 Å². The van der Waals surface area contributed by atoms with Crippen LogP contribution in [0.25, 0.3) is 10.9 Å². The minimum Gasteiger partial charge on any atom is -0.388 e. The molecule has 1 saturated heterocycles. The first kappa shape index (κ1) is 12.3. The number of nitrogens with zero attached hydrogens (tertiary/aromatic N) is 2. The number of para-hydroxylation sites is 1. The lowest BCUT2D eigenvalue weighted by atomic mass is 9.97. The first-order valence-electron chi connectivity index (χ1n) is 6.38. The fourth-order valence-electron chi connectivity index (χ4n) is 2.67. The average molecular weight is 259 g/mol. The van der Waals surface area contributed by atoms with Crippen LogP contribution in [0.15, 0.2) is 23.0 Å². The minimum atomic E-state index is -0.604. The number of H-pyrrole nitrogens is 1. The maximum atomic E-state index is 12.0. The topological polar surface area (TPSA) is 69.2 Å². The number of rotatable bonds is 2. The third kappa shape index (κ3) is 2.27. The number of hydrogen-bond donors (Lipinski definition) is 2. The molecule has 0 unspecified atom stereocenters. The Morgan fingerprint density at radius 3 is 2.89 bits per heavy atom. The van der Waals surface area contributed by atoms with Crippen LogP contribution in [-0.2, 0) is 6.54 Å². The number of fused-ring (bicyclic) bond motifs is 1. The van der Waals surface area contributed by atoms with Gasteiger partial charge in [-0.1, -0.05) is 12.1 Å². The third-order valence-electron chi connectivity index (χ3n) is 3.49. The number of hydrogen-bond acceptors (Lipinski definition) is 4. The maximum absolute atomic E-state index is 12.0. The second-order valence-electron chi connectivity index (χ2n) is 5.63. The van der Waals surface area contributed by atoms with E-state index in [1.165, 1.54) is 0 Å². The summed E-state index contributed by atoms with van der Waals surface area (Å²) in [7, 11) is 0. The van der Waals surface area contributed by atoms with E-state index < -0.39 is 5.60 Å². The van der Waals surface area contributed by atoms with E-state index in [4.69, 9.17) is 0 Å². The van der Waals surface area contributed by atoms with Gasteiger partial charge in [-0.25, -0.2) is 4.98 Å². The molecular weight excluding hydrogens is 242 g/mol. The van der Waals surface area contributed by atoms with Crippen LogP contribution in [-0.4, -0.2) is 38.7 Å². The Kier molecular flexibility index (Phi) is 2.69. The molecule has 0 atom stereocenters. The summed E-state index contributed by atoms with van der Waals surface area (Å²) in [6, 6.07) is 5.60. The standard InChI is InChI=1S/C14H17N3O2/c1-9-4-3-5-10-12(9)15-11(16-13(10)18)6-17-7-14(2,19)8-17/h3-5,19H,6-8H2,1-2H3,(H,15,16,18). The molecule has 0 saturated carbocycles. The number of aliphatic hydroxyl groups is 1. The van der Waals surface area contributed by atoms with E-state index in [1.54, 1.807) is 6.07 Å². The summed E-state index contributed by atoms with van der Waals surface area (Å²) in [6.07, 6.45) is 0. The van der Waals surface area contributed by atoms with Crippen molar-refractivity contribution in [1.29, 1.82) is 0 Å². The van der Waals surface area contributed by atoms with Crippen LogP contribution in [0.1, 0.15) is 18.3 Å². The molecule has 2 aromatic rings. The molecule has 100 valence electrons. The lowest BCUT2D eigenvalue weighted by Crippen LogP contribution is -2.59. The van der Waals surface area contributed by atoms with E-state index in [1.807, 2.05) is 26.0 Å². The lowest BCUT2D eigenvalue weighted by molar-refractivity contribution is -0.0880. The molecule has 5 nitrogen and oxygen atoms in total. The van der Waals surface area contributed by atoms with E-state index in [9.17, 15) is 9.90 Å². The highest BCUT2D eigenvalue weighted by molar-refractivity contribution is 5.80. The molecule has 0 bridgehead atoms. The molecule has 0 amide bonds. The largest absolute Gasteiger partial charge is 0.388 e. The molecule has 1 aromatic heterocycles. The highest BCUT2D eigenvalue weighted by Gasteiger charge is 2.36. The van der Waals surface area contributed by atoms with Gasteiger partial charge in [-0.15, -0.1) is 0 Å². The number of benzene rings is 1. The molecule has 0 aliphatic carbocycles. The fourth-order valence-corrected chi connectivity index (χ4v) is 2.67. The SMILES string of the molecule is Cc1cccc2c(=O)[nH]c(CN3CC(C)(O)C3)nc12. The second kappa shape index (κ2) is 4.15. The predicted octanol–water partition coefficient (Wildman–Crippen LogP) is 0.798. The Bertz CT molecular complexity index is 683. The van der Waals surface area contributed by atoms with E-state index in [2.05, 4.69) is 14.9 Å². The molecule has 3 rings (SSSR count). The van der Waals surface area contributed by atoms with Gasteiger partial charge in [0.1, 0.15) is 5.82 Å². The van der Waals surface area contributed by atoms with E-state index in [-0.39, 0.29) is 5.56 Å². The summed E-state index contributed by atoms with van der Waals surface area (Å²) in [5.74, 6) is 0.655. The van der Waals surface area contributed by atoms with Gasteiger partial charge in [0.25, 0.3) is 5.56 Å². The van der Waals surface area contributed by atoms with Crippen LogP contribution in [0.3, 0.4) is 0 Å². The van der Waals surface area contributed by atoms with Crippen LogP contribution < -0.4 is 5.56 Å². The first-order valence-corrected chi connectivity index (χ1v) is 6.38. The average Bonchev–Trinajstić information content (AvgIpc) is 2.28. The number of nitrogens with one attached hydrogen (secondary N) is 1. The number of aromatic nitrogens is 2. The number of β-amino-alcohol motifs (C(OH)–C–C–N with tert-alkyl or cyclic N) is 1. The first-order chi connectivity index (χ1) is 8.94. The van der Waals surface area contributed by atoms with Gasteiger partial charge in [-0.05, 0) is 25.5 Å². The maximum Gasteiger partial charge on any atom is 0.258 e. The molecule has 5 heteroatoms. The Morgan fingerprint density at radius 1 is 1.47 bits per heavy atom. The summed E-state index contributed by atoms with van der Waals surface area (Å²) in [5.41, 5.74) is 1.05. The Hall–Kier alpha value is -1.72. The summed E-state index contributed by atoms with van der Waals surface area (Å²) in [4.78, 5) is 21.4. The second-order valence-corrected chi connectivity index (χ2v) is 5.63. The molecule has 1 aliphatic rings. The van der Waals surface area contributed by atoms with Gasteiger partial charge in [0, 0.05) is 13.1 Å². The molecule has 2 heterocycles. The van der Waals surface area contributed by atoms with Crippen molar-refractivity contribution < 1.29 is 5.11 Å². The number of aromatic amines is 1. The molecular formula is C14H17N3O2. The van der Waals surface area contributed by atoms with Crippen molar-refractivity contribution in [2.75, 3.05) is 13.1 Å². The normalized spacial score (nSPS) is 18.5. The highest BCUT2D eigenvalue weighted by Crippen LogP contribution is 2.21. The van der Waals surface area contributed by atoms with Crippen molar-refractivity contribution in [3.8, 4) is 0 Å². The van der Waals surface area contributed by atoms with Gasteiger partial charge in [0.15, 0.2) is 0 Å². The zero-order valence-electron chi connectivity index (χ0n) is 11.1. The number of likely N-dealkylation sites (tertiary alicyclic amines) is 1. The van der Waals surface area contributed by atoms with E-state index in [0.29, 0.717) is 30.8 Å². The van der Waals surface area contributed by atoms with Crippen molar-refractivity contribution in [2.24, 2.45) is 0 Å². The van der Waals surface area contributed by atoms with Gasteiger partial charge in [0.2, 0.25) is 0 Å². The quantitative estimate of drug-likeness (QED) is 0.837. The Morgan fingerprint density at radius 2 is 2.21 bits per heavy atom. The van der Waals surface area contributed by atoms with Crippen molar-refractivity contribution in [2.45, 2.75) is 26.0 Å². The molecule has 19 heavy (non-hydrogen) atoms. The molecule has 1 fully saturated rings. The van der Waals surface area contributed by atoms with Crippen molar-refractivity contribution in [1.82, 2.24) is 14.9 Å². The molecule has 1 aliphatic heterocycles. The van der Waals surface area contributed by atoms with Gasteiger partial charge in [-0.3, -0.25) is 9.69 Å². The summed E-state index contributed by atoms with van der Waals surface area (Å²) in [5, 5.41) is 10.3. The number of aryl methyl sites for hydroxylation is 1. The third-order valence-corrected chi connectivity index (χ3v) is 3.49. The van der Waals surface area contributed by atoms with Crippen LogP contribution in [0, 0.1) is 6.92 Å². The van der Waals surface area contributed by atoms with Crippen LogP contribution in [0.2, 0.25) is 0 Å². The highest BCUT2D eigenvalue weighted by atomic mass is 16.3. The van der Waals surface area contributed by atoms with Crippen LogP contribution in [0.4, 0.5) is 0 Å². The van der Waals surface area contributed by atoms with E-state index >= 15 is 0 Å². The zero-order valence-corrected chi connectivity index (χ0v) is 11.1. The fraction of sp³-hybridized carbons (Fsp3) is 0.429. The van der Waals surface area contributed by atoms with Gasteiger partial charge < -0.3 is 10.1 Å². The van der Waals surface area contributed by atoms with E-state index in [0.717, 1.165) is 11.1 Å². The zero-order chi connectivity index (χ0) is 13.6. The van der Waals surface area contributed by atoms with Crippen molar-refractivity contribution in [3.63, 3.8) is 0 Å². The Balaban J connectivity index is 1.93. The molecule has 1 aromatic carbocycles. The summed E-state index contributed by atoms with van der Waals surface area (Å²) in [6.45, 7) is 5.55.